The summed E-state index contributed by atoms with van der Waals surface area (Å²) in [6.07, 6.45) is 10.3. The molecule has 2 aromatic heterocycles. The number of likely N-dealkylation sites (tertiary alicyclic amines) is 1. The van der Waals surface area contributed by atoms with Gasteiger partial charge in [-0.05, 0) is 99.5 Å². The number of nitrogens with zero attached hydrogens (tertiary/aromatic N) is 4. The average Bonchev–Trinajstić information content (AvgIpc) is 3.03. The molecule has 0 bridgehead atoms. The predicted molar refractivity (Wildman–Crippen MR) is 168 cm³/mol. The highest BCUT2D eigenvalue weighted by Crippen LogP contribution is 2.26. The lowest BCUT2D eigenvalue weighted by Crippen LogP contribution is -2.36. The second kappa shape index (κ2) is 13.6. The van der Waals surface area contributed by atoms with Crippen LogP contribution in [0.1, 0.15) is 36.8 Å². The lowest BCUT2D eigenvalue weighted by atomic mass is 9.97. The van der Waals surface area contributed by atoms with Crippen LogP contribution in [0.5, 0.6) is 5.75 Å². The van der Waals surface area contributed by atoms with Crippen molar-refractivity contribution in [3.05, 3.63) is 103 Å². The molecular weight excluding hydrogens is 506 g/mol. The largest absolute Gasteiger partial charge is 0.493 e. The Bertz CT molecular complexity index is 1540. The van der Waals surface area contributed by atoms with E-state index in [4.69, 9.17) is 4.74 Å². The molecule has 0 atom stereocenters. The van der Waals surface area contributed by atoms with Gasteiger partial charge < -0.3 is 15.0 Å². The third-order valence-electron chi connectivity index (χ3n) is 8.24. The SMILES string of the molecule is c1ccc(CCCNc2ncnc3cc(OCC4CCN(CCCc5ccnc6ccccc56)CC4)ccc23)cc1. The summed E-state index contributed by atoms with van der Waals surface area (Å²) in [5, 5.41) is 5.82. The lowest BCUT2D eigenvalue weighted by Gasteiger charge is -2.31. The van der Waals surface area contributed by atoms with Gasteiger partial charge in [0, 0.05) is 29.6 Å². The highest BCUT2D eigenvalue weighted by Gasteiger charge is 2.20. The first-order chi connectivity index (χ1) is 20.3. The molecule has 3 aromatic carbocycles. The minimum absolute atomic E-state index is 0.596. The molecule has 6 nitrogen and oxygen atoms in total. The van der Waals surface area contributed by atoms with Crippen LogP contribution in [0.25, 0.3) is 21.8 Å². The Kier molecular flexibility index (Phi) is 8.98. The summed E-state index contributed by atoms with van der Waals surface area (Å²) >= 11 is 0. The van der Waals surface area contributed by atoms with Crippen molar-refractivity contribution in [3.63, 3.8) is 0 Å². The third-order valence-corrected chi connectivity index (χ3v) is 8.24. The first kappa shape index (κ1) is 27.2. The molecule has 0 saturated carbocycles. The highest BCUT2D eigenvalue weighted by atomic mass is 16.5. The van der Waals surface area contributed by atoms with Crippen molar-refractivity contribution in [1.29, 1.82) is 0 Å². The summed E-state index contributed by atoms with van der Waals surface area (Å²) in [5.41, 5.74) is 4.78. The molecule has 1 aliphatic heterocycles. The first-order valence-corrected chi connectivity index (χ1v) is 15.0. The molecule has 5 aromatic rings. The van der Waals surface area contributed by atoms with Gasteiger partial charge in [-0.3, -0.25) is 4.98 Å². The predicted octanol–water partition coefficient (Wildman–Crippen LogP) is 6.95. The van der Waals surface area contributed by atoms with Crippen LogP contribution < -0.4 is 10.1 Å². The van der Waals surface area contributed by atoms with Gasteiger partial charge in [-0.25, -0.2) is 9.97 Å². The zero-order valence-electron chi connectivity index (χ0n) is 23.7. The van der Waals surface area contributed by atoms with Crippen molar-refractivity contribution in [2.75, 3.05) is 38.1 Å². The van der Waals surface area contributed by atoms with E-state index < -0.39 is 0 Å². The molecule has 210 valence electrons. The van der Waals surface area contributed by atoms with E-state index in [1.54, 1.807) is 6.33 Å². The Morgan fingerprint density at radius 3 is 2.54 bits per heavy atom. The molecule has 0 spiro atoms. The van der Waals surface area contributed by atoms with Gasteiger partial charge in [0.05, 0.1) is 17.6 Å². The highest BCUT2D eigenvalue weighted by molar-refractivity contribution is 5.89. The molecular formula is C35H39N5O. The fraction of sp³-hybridized carbons (Fsp3) is 0.343. The number of piperidine rings is 1. The van der Waals surface area contributed by atoms with Gasteiger partial charge in [-0.2, -0.15) is 0 Å². The van der Waals surface area contributed by atoms with Crippen LogP contribution >= 0.6 is 0 Å². The maximum atomic E-state index is 6.25. The van der Waals surface area contributed by atoms with E-state index in [0.29, 0.717) is 5.92 Å². The zero-order valence-corrected chi connectivity index (χ0v) is 23.7. The van der Waals surface area contributed by atoms with Gasteiger partial charge in [0.1, 0.15) is 17.9 Å². The molecule has 3 heterocycles. The number of benzene rings is 3. The van der Waals surface area contributed by atoms with E-state index in [-0.39, 0.29) is 0 Å². The fourth-order valence-electron chi connectivity index (χ4n) is 5.87. The van der Waals surface area contributed by atoms with Crippen LogP contribution in [0.15, 0.2) is 91.4 Å². The van der Waals surface area contributed by atoms with Crippen molar-refractivity contribution in [2.45, 2.75) is 38.5 Å². The Balaban J connectivity index is 0.931. The molecule has 1 N–H and O–H groups in total. The second-order valence-corrected chi connectivity index (χ2v) is 11.1. The Labute approximate surface area is 242 Å². The number of rotatable bonds is 12. The summed E-state index contributed by atoms with van der Waals surface area (Å²) in [6, 6.07) is 27.4. The summed E-state index contributed by atoms with van der Waals surface area (Å²) in [6.45, 7) is 5.08. The molecule has 0 amide bonds. The number of para-hydroxylation sites is 1. The van der Waals surface area contributed by atoms with Crippen LogP contribution in [0.3, 0.4) is 0 Å². The number of aryl methyl sites for hydroxylation is 2. The quantitative estimate of drug-likeness (QED) is 0.171. The Morgan fingerprint density at radius 2 is 1.63 bits per heavy atom. The molecule has 6 rings (SSSR count). The molecule has 0 radical (unpaired) electrons. The molecule has 1 aliphatic rings. The fourth-order valence-corrected chi connectivity index (χ4v) is 5.87. The van der Waals surface area contributed by atoms with Crippen molar-refractivity contribution < 1.29 is 4.74 Å². The molecule has 0 aliphatic carbocycles. The Morgan fingerprint density at radius 1 is 0.780 bits per heavy atom. The van der Waals surface area contributed by atoms with E-state index in [0.717, 1.165) is 80.0 Å². The number of ether oxygens (including phenoxy) is 1. The Hall–Kier alpha value is -4.03. The number of anilines is 1. The lowest BCUT2D eigenvalue weighted by molar-refractivity contribution is 0.140. The van der Waals surface area contributed by atoms with Gasteiger partial charge >= 0.3 is 0 Å². The minimum atomic E-state index is 0.596. The standard InChI is InChI=1S/C35H39N5O/c1-2-8-27(9-3-1)10-6-19-37-35-32-15-14-30(24-34(32)38-26-39-35)41-25-28-17-22-40(23-18-28)21-7-11-29-16-20-36-33-13-5-4-12-31(29)33/h1-5,8-9,12-16,20,24,26,28H,6-7,10-11,17-19,21-23,25H2,(H,37,38,39). The summed E-state index contributed by atoms with van der Waals surface area (Å²) in [5.74, 6) is 2.37. The first-order valence-electron chi connectivity index (χ1n) is 15.0. The molecule has 1 saturated heterocycles. The van der Waals surface area contributed by atoms with E-state index in [9.17, 15) is 0 Å². The topological polar surface area (TPSA) is 63.2 Å². The minimum Gasteiger partial charge on any atom is -0.493 e. The summed E-state index contributed by atoms with van der Waals surface area (Å²) in [7, 11) is 0. The number of hydrogen-bond acceptors (Lipinski definition) is 6. The smallest absolute Gasteiger partial charge is 0.137 e. The molecule has 41 heavy (non-hydrogen) atoms. The number of fused-ring (bicyclic) bond motifs is 2. The van der Waals surface area contributed by atoms with Crippen LogP contribution in [0.4, 0.5) is 5.82 Å². The van der Waals surface area contributed by atoms with Crippen LogP contribution in [-0.4, -0.2) is 52.6 Å². The van der Waals surface area contributed by atoms with Crippen LogP contribution in [0.2, 0.25) is 0 Å². The van der Waals surface area contributed by atoms with Crippen LogP contribution in [-0.2, 0) is 12.8 Å². The van der Waals surface area contributed by atoms with Gasteiger partial charge in [0.25, 0.3) is 0 Å². The number of nitrogens with one attached hydrogen (secondary N) is 1. The van der Waals surface area contributed by atoms with Crippen molar-refractivity contribution in [3.8, 4) is 5.75 Å². The normalized spacial score (nSPS) is 14.4. The number of pyridine rings is 1. The van der Waals surface area contributed by atoms with Gasteiger partial charge in [0.2, 0.25) is 0 Å². The van der Waals surface area contributed by atoms with Crippen molar-refractivity contribution >= 4 is 27.6 Å². The number of hydrogen-bond donors (Lipinski definition) is 1. The summed E-state index contributed by atoms with van der Waals surface area (Å²) in [4.78, 5) is 16.1. The van der Waals surface area contributed by atoms with E-state index in [2.05, 4.69) is 98.0 Å². The maximum Gasteiger partial charge on any atom is 0.137 e. The van der Waals surface area contributed by atoms with E-state index in [1.165, 1.54) is 35.8 Å². The van der Waals surface area contributed by atoms with E-state index in [1.807, 2.05) is 12.3 Å². The summed E-state index contributed by atoms with van der Waals surface area (Å²) < 4.78 is 6.25. The van der Waals surface area contributed by atoms with Gasteiger partial charge in [0.15, 0.2) is 0 Å². The second-order valence-electron chi connectivity index (χ2n) is 11.1. The van der Waals surface area contributed by atoms with Crippen molar-refractivity contribution in [1.82, 2.24) is 19.9 Å². The monoisotopic (exact) mass is 545 g/mol. The van der Waals surface area contributed by atoms with Crippen LogP contribution in [0, 0.1) is 5.92 Å². The molecule has 1 fully saturated rings. The van der Waals surface area contributed by atoms with E-state index >= 15 is 0 Å². The third kappa shape index (κ3) is 7.19. The molecule has 6 heteroatoms. The number of aromatic nitrogens is 3. The maximum absolute atomic E-state index is 6.25. The van der Waals surface area contributed by atoms with Gasteiger partial charge in [-0.1, -0.05) is 48.5 Å². The zero-order chi connectivity index (χ0) is 27.7. The average molecular weight is 546 g/mol. The van der Waals surface area contributed by atoms with Gasteiger partial charge in [-0.15, -0.1) is 0 Å². The molecule has 0 unspecified atom stereocenters. The van der Waals surface area contributed by atoms with Crippen molar-refractivity contribution in [2.24, 2.45) is 5.92 Å².